The van der Waals surface area contributed by atoms with E-state index in [-0.39, 0.29) is 0 Å². The minimum absolute atomic E-state index is 0.590. The third-order valence-electron chi connectivity index (χ3n) is 16.4. The number of fused-ring (bicyclic) bond motifs is 9. The standard InChI is InChI=1S/C74H49NO/c1-6-22-51(23-7-1)63-48-64-60-33-17-20-36-67(60)74(55-28-12-4-13-29-55,56-30-14-5-15-31-56)69(64)49-70(63)75(57-41-38-50(39-42-57)52-40-45-72-65(46-52)62-34-18-21-37-71(62)76-72)58-43-44-61-59-32-16-19-35-66(59)73(68(61)47-58,53-24-8-2-9-25-53)54-26-10-3-11-27-54/h1-49H. The van der Waals surface area contributed by atoms with Crippen molar-refractivity contribution in [2.45, 2.75) is 10.8 Å². The van der Waals surface area contributed by atoms with Crippen molar-refractivity contribution in [3.05, 3.63) is 342 Å². The predicted molar refractivity (Wildman–Crippen MR) is 314 cm³/mol. The smallest absolute Gasteiger partial charge is 0.135 e. The van der Waals surface area contributed by atoms with Crippen molar-refractivity contribution in [2.24, 2.45) is 0 Å². The van der Waals surface area contributed by atoms with E-state index >= 15 is 0 Å². The zero-order chi connectivity index (χ0) is 50.2. The predicted octanol–water partition coefficient (Wildman–Crippen LogP) is 19.1. The summed E-state index contributed by atoms with van der Waals surface area (Å²) in [6.45, 7) is 0. The van der Waals surface area contributed by atoms with Crippen molar-refractivity contribution in [1.29, 1.82) is 0 Å². The lowest BCUT2D eigenvalue weighted by atomic mass is 9.67. The Bertz CT molecular complexity index is 4230. The Morgan fingerprint density at radius 2 is 0.697 bits per heavy atom. The fourth-order valence-electron chi connectivity index (χ4n) is 13.2. The second-order valence-corrected chi connectivity index (χ2v) is 20.3. The first-order chi connectivity index (χ1) is 37.7. The Labute approximate surface area is 443 Å². The van der Waals surface area contributed by atoms with Crippen LogP contribution in [0.3, 0.4) is 0 Å². The second-order valence-electron chi connectivity index (χ2n) is 20.3. The van der Waals surface area contributed by atoms with Crippen molar-refractivity contribution in [2.75, 3.05) is 4.90 Å². The van der Waals surface area contributed by atoms with Crippen LogP contribution in [0.2, 0.25) is 0 Å². The molecule has 0 radical (unpaired) electrons. The summed E-state index contributed by atoms with van der Waals surface area (Å²) < 4.78 is 6.28. The first-order valence-electron chi connectivity index (χ1n) is 26.3. The van der Waals surface area contributed by atoms with Crippen molar-refractivity contribution >= 4 is 39.0 Å². The van der Waals surface area contributed by atoms with Crippen LogP contribution in [0.4, 0.5) is 17.1 Å². The van der Waals surface area contributed by atoms with E-state index in [0.29, 0.717) is 0 Å². The van der Waals surface area contributed by atoms with Gasteiger partial charge in [-0.25, -0.2) is 0 Å². The molecule has 1 heterocycles. The third-order valence-corrected chi connectivity index (χ3v) is 16.4. The molecule has 0 saturated carbocycles. The summed E-state index contributed by atoms with van der Waals surface area (Å²) in [5.74, 6) is 0. The number of rotatable bonds is 9. The summed E-state index contributed by atoms with van der Waals surface area (Å²) in [5.41, 5.74) is 23.3. The van der Waals surface area contributed by atoms with Crippen molar-refractivity contribution in [1.82, 2.24) is 0 Å². The molecule has 13 aromatic rings. The first kappa shape index (κ1) is 43.8. The van der Waals surface area contributed by atoms with Gasteiger partial charge in [-0.1, -0.05) is 243 Å². The first-order valence-corrected chi connectivity index (χ1v) is 26.3. The van der Waals surface area contributed by atoms with Gasteiger partial charge in [-0.05, 0) is 138 Å². The summed E-state index contributed by atoms with van der Waals surface area (Å²) in [6.07, 6.45) is 0. The number of benzene rings is 12. The lowest BCUT2D eigenvalue weighted by molar-refractivity contribution is 0.669. The Hall–Kier alpha value is -9.76. The molecule has 76 heavy (non-hydrogen) atoms. The summed E-state index contributed by atoms with van der Waals surface area (Å²) in [6, 6.07) is 110. The van der Waals surface area contributed by atoms with Gasteiger partial charge in [0, 0.05) is 27.7 Å². The van der Waals surface area contributed by atoms with Crippen LogP contribution >= 0.6 is 0 Å². The molecule has 2 nitrogen and oxygen atoms in total. The largest absolute Gasteiger partial charge is 0.456 e. The zero-order valence-electron chi connectivity index (χ0n) is 41.6. The van der Waals surface area contributed by atoms with Crippen LogP contribution < -0.4 is 4.90 Å². The molecular weight excluding hydrogens is 919 g/mol. The molecule has 2 heteroatoms. The lowest BCUT2D eigenvalue weighted by Crippen LogP contribution is -2.29. The van der Waals surface area contributed by atoms with Crippen molar-refractivity contribution in [3.8, 4) is 44.5 Å². The average Bonchev–Trinajstić information content (AvgIpc) is 4.33. The molecule has 356 valence electrons. The van der Waals surface area contributed by atoms with E-state index in [1.807, 2.05) is 12.1 Å². The Kier molecular flexibility index (Phi) is 10.0. The summed E-state index contributed by atoms with van der Waals surface area (Å²) in [4.78, 5) is 2.53. The highest BCUT2D eigenvalue weighted by atomic mass is 16.3. The maximum Gasteiger partial charge on any atom is 0.135 e. The van der Waals surface area contributed by atoms with Gasteiger partial charge in [0.1, 0.15) is 11.2 Å². The van der Waals surface area contributed by atoms with Crippen molar-refractivity contribution in [3.63, 3.8) is 0 Å². The van der Waals surface area contributed by atoms with Gasteiger partial charge >= 0.3 is 0 Å². The van der Waals surface area contributed by atoms with Crippen LogP contribution in [0.25, 0.3) is 66.4 Å². The van der Waals surface area contributed by atoms with Gasteiger partial charge in [-0.15, -0.1) is 0 Å². The molecule has 12 aromatic carbocycles. The Morgan fingerprint density at radius 1 is 0.250 bits per heavy atom. The van der Waals surface area contributed by atoms with Crippen LogP contribution in [0.1, 0.15) is 44.5 Å². The highest BCUT2D eigenvalue weighted by Gasteiger charge is 2.48. The van der Waals surface area contributed by atoms with Crippen molar-refractivity contribution < 1.29 is 4.42 Å². The number of hydrogen-bond donors (Lipinski definition) is 0. The molecule has 2 aliphatic carbocycles. The van der Waals surface area contributed by atoms with Crippen LogP contribution in [0.5, 0.6) is 0 Å². The van der Waals surface area contributed by atoms with Gasteiger partial charge in [0.2, 0.25) is 0 Å². The van der Waals surface area contributed by atoms with Crippen LogP contribution in [0, 0.1) is 0 Å². The zero-order valence-corrected chi connectivity index (χ0v) is 41.6. The number of furan rings is 1. The average molecular weight is 968 g/mol. The lowest BCUT2D eigenvalue weighted by Gasteiger charge is -2.36. The van der Waals surface area contributed by atoms with E-state index in [1.54, 1.807) is 0 Å². The minimum Gasteiger partial charge on any atom is -0.456 e. The van der Waals surface area contributed by atoms with Gasteiger partial charge in [0.25, 0.3) is 0 Å². The molecule has 15 rings (SSSR count). The number of hydrogen-bond acceptors (Lipinski definition) is 2. The molecule has 0 N–H and O–H groups in total. The van der Waals surface area contributed by atoms with E-state index in [2.05, 4.69) is 290 Å². The Balaban J connectivity index is 1.03. The fraction of sp³-hybridized carbons (Fsp3) is 0.0270. The summed E-state index contributed by atoms with van der Waals surface area (Å²) in [5, 5.41) is 2.24. The minimum atomic E-state index is -0.612. The maximum absolute atomic E-state index is 6.28. The molecule has 0 amide bonds. The van der Waals surface area contributed by atoms with E-state index in [9.17, 15) is 0 Å². The van der Waals surface area contributed by atoms with E-state index in [0.717, 1.165) is 61.3 Å². The number of nitrogens with zero attached hydrogens (tertiary/aromatic N) is 1. The molecule has 0 fully saturated rings. The SMILES string of the molecule is c1ccc(-c2cc3c(cc2N(c2ccc(-c4ccc5oc6ccccc6c5c4)cc2)c2ccc4c(c2)C(c2ccccc2)(c2ccccc2)c2ccccc2-4)C(c2ccccc2)(c2ccccc2)c2ccccc2-3)cc1. The van der Waals surface area contributed by atoms with Crippen LogP contribution in [0.15, 0.2) is 302 Å². The van der Waals surface area contributed by atoms with E-state index < -0.39 is 10.8 Å². The molecule has 0 saturated heterocycles. The molecule has 2 aliphatic rings. The van der Waals surface area contributed by atoms with Gasteiger partial charge in [0.05, 0.1) is 16.5 Å². The molecule has 0 atom stereocenters. The summed E-state index contributed by atoms with van der Waals surface area (Å²) in [7, 11) is 0. The molecule has 0 unspecified atom stereocenters. The molecule has 0 aliphatic heterocycles. The number of para-hydroxylation sites is 1. The quantitative estimate of drug-likeness (QED) is 0.143. The summed E-state index contributed by atoms with van der Waals surface area (Å²) >= 11 is 0. The van der Waals surface area contributed by atoms with E-state index in [4.69, 9.17) is 4.42 Å². The topological polar surface area (TPSA) is 16.4 Å². The van der Waals surface area contributed by atoms with Gasteiger partial charge < -0.3 is 9.32 Å². The molecule has 1 aromatic heterocycles. The van der Waals surface area contributed by atoms with E-state index in [1.165, 1.54) is 66.8 Å². The van der Waals surface area contributed by atoms with Gasteiger partial charge in [0.15, 0.2) is 0 Å². The van der Waals surface area contributed by atoms with Crippen LogP contribution in [-0.4, -0.2) is 0 Å². The second kappa shape index (κ2) is 17.4. The van der Waals surface area contributed by atoms with Crippen LogP contribution in [-0.2, 0) is 10.8 Å². The molecule has 0 spiro atoms. The normalized spacial score (nSPS) is 13.5. The Morgan fingerprint density at radius 3 is 1.29 bits per heavy atom. The monoisotopic (exact) mass is 967 g/mol. The fourth-order valence-corrected chi connectivity index (χ4v) is 13.2. The molecular formula is C74H49NO. The van der Waals surface area contributed by atoms with Gasteiger partial charge in [-0.2, -0.15) is 0 Å². The maximum atomic E-state index is 6.28. The number of anilines is 3. The highest BCUT2D eigenvalue weighted by molar-refractivity contribution is 6.06. The third kappa shape index (κ3) is 6.47. The molecule has 0 bridgehead atoms. The highest BCUT2D eigenvalue weighted by Crippen LogP contribution is 2.61. The van der Waals surface area contributed by atoms with Gasteiger partial charge in [-0.3, -0.25) is 0 Å².